The summed E-state index contributed by atoms with van der Waals surface area (Å²) < 4.78 is 5.83. The van der Waals surface area contributed by atoms with Crippen LogP contribution in [0.15, 0.2) is 10.6 Å². The molecule has 2 heterocycles. The molecule has 96 valence electrons. The van der Waals surface area contributed by atoms with Gasteiger partial charge in [-0.15, -0.1) is 11.3 Å². The Labute approximate surface area is 114 Å². The third kappa shape index (κ3) is 2.43. The van der Waals surface area contributed by atoms with Crippen LogP contribution in [0.1, 0.15) is 34.6 Å². The van der Waals surface area contributed by atoms with Crippen molar-refractivity contribution in [2.75, 3.05) is 6.54 Å². The summed E-state index contributed by atoms with van der Waals surface area (Å²) in [6, 6.07) is 2.52. The third-order valence-corrected chi connectivity index (χ3v) is 4.50. The van der Waals surface area contributed by atoms with E-state index in [2.05, 4.69) is 21.5 Å². The number of nitrogens with one attached hydrogen (secondary N) is 1. The summed E-state index contributed by atoms with van der Waals surface area (Å²) in [5.74, 6) is 1.39. The summed E-state index contributed by atoms with van der Waals surface area (Å²) >= 11 is 7.73. The summed E-state index contributed by atoms with van der Waals surface area (Å²) in [6.07, 6.45) is 3.08. The summed E-state index contributed by atoms with van der Waals surface area (Å²) in [7, 11) is 0. The molecule has 0 bridgehead atoms. The van der Waals surface area contributed by atoms with Gasteiger partial charge in [0.2, 0.25) is 5.89 Å². The first kappa shape index (κ1) is 12.1. The van der Waals surface area contributed by atoms with E-state index in [4.69, 9.17) is 16.1 Å². The number of thiophene rings is 1. The Hall–Kier alpha value is -0.910. The molecular weight excluding hydrogens is 270 g/mol. The zero-order chi connectivity index (χ0) is 12.5. The number of halogens is 1. The second-order valence-corrected chi connectivity index (χ2v) is 6.22. The lowest BCUT2D eigenvalue weighted by Crippen LogP contribution is -2.22. The van der Waals surface area contributed by atoms with E-state index >= 15 is 0 Å². The largest absolute Gasteiger partial charge is 0.340 e. The predicted octanol–water partition coefficient (Wildman–Crippen LogP) is 2.91. The van der Waals surface area contributed by atoms with Gasteiger partial charge in [-0.3, -0.25) is 0 Å². The average Bonchev–Trinajstić information content (AvgIpc) is 2.97. The van der Waals surface area contributed by atoms with Crippen LogP contribution in [0.5, 0.6) is 0 Å². The van der Waals surface area contributed by atoms with Crippen LogP contribution in [0.25, 0.3) is 0 Å². The number of aromatic nitrogens is 2. The smallest absolute Gasteiger partial charge is 0.223 e. The molecule has 3 rings (SSSR count). The molecule has 0 fully saturated rings. The van der Waals surface area contributed by atoms with Gasteiger partial charge in [-0.2, -0.15) is 4.98 Å². The topological polar surface area (TPSA) is 51.0 Å². The highest BCUT2D eigenvalue weighted by molar-refractivity contribution is 7.16. The van der Waals surface area contributed by atoms with Gasteiger partial charge in [0.25, 0.3) is 0 Å². The van der Waals surface area contributed by atoms with Gasteiger partial charge >= 0.3 is 0 Å². The molecule has 1 atom stereocenters. The van der Waals surface area contributed by atoms with Crippen LogP contribution in [-0.2, 0) is 12.8 Å². The van der Waals surface area contributed by atoms with Gasteiger partial charge in [0.15, 0.2) is 5.82 Å². The predicted molar refractivity (Wildman–Crippen MR) is 71.1 cm³/mol. The maximum Gasteiger partial charge on any atom is 0.223 e. The van der Waals surface area contributed by atoms with Crippen molar-refractivity contribution in [3.63, 3.8) is 0 Å². The third-order valence-electron chi connectivity index (χ3n) is 3.16. The van der Waals surface area contributed by atoms with Gasteiger partial charge in [0.1, 0.15) is 0 Å². The molecule has 6 heteroatoms. The molecule has 2 aromatic rings. The molecule has 0 radical (unpaired) electrons. The quantitative estimate of drug-likeness (QED) is 0.937. The minimum absolute atomic E-state index is 0.428. The molecule has 1 N–H and O–H groups in total. The minimum atomic E-state index is 0.428. The second kappa shape index (κ2) is 4.99. The molecule has 0 saturated carbocycles. The first-order valence-corrected chi connectivity index (χ1v) is 7.22. The van der Waals surface area contributed by atoms with E-state index in [9.17, 15) is 0 Å². The van der Waals surface area contributed by atoms with E-state index in [1.807, 2.05) is 0 Å². The first-order valence-electron chi connectivity index (χ1n) is 6.03. The molecule has 0 saturated heterocycles. The van der Waals surface area contributed by atoms with E-state index < -0.39 is 0 Å². The van der Waals surface area contributed by atoms with Crippen molar-refractivity contribution in [1.82, 2.24) is 15.5 Å². The van der Waals surface area contributed by atoms with Crippen LogP contribution in [0.3, 0.4) is 0 Å². The van der Waals surface area contributed by atoms with Gasteiger partial charge in [0, 0.05) is 30.8 Å². The van der Waals surface area contributed by atoms with Crippen molar-refractivity contribution >= 4 is 22.9 Å². The molecule has 1 aliphatic rings. The molecule has 4 nitrogen and oxygen atoms in total. The molecule has 0 aromatic carbocycles. The first-order chi connectivity index (χ1) is 8.72. The number of fused-ring (bicyclic) bond motifs is 1. The normalized spacial score (nSPS) is 18.2. The lowest BCUT2D eigenvalue weighted by Gasteiger charge is -2.11. The molecule has 2 aromatic heterocycles. The van der Waals surface area contributed by atoms with Crippen molar-refractivity contribution in [3.05, 3.63) is 32.6 Å². The highest BCUT2D eigenvalue weighted by atomic mass is 35.5. The van der Waals surface area contributed by atoms with Crippen LogP contribution in [-0.4, -0.2) is 16.7 Å². The Balaban J connectivity index is 1.55. The van der Waals surface area contributed by atoms with Gasteiger partial charge < -0.3 is 9.84 Å². The Bertz CT molecular complexity index is 551. The number of nitrogens with zero attached hydrogens (tertiary/aromatic N) is 2. The highest BCUT2D eigenvalue weighted by Crippen LogP contribution is 2.39. The SMILES string of the molecule is Cc1nc(CCNC2CCc3sc(Cl)cc32)no1. The number of rotatable bonds is 4. The zero-order valence-corrected chi connectivity index (χ0v) is 11.6. The van der Waals surface area contributed by atoms with Crippen molar-refractivity contribution in [2.45, 2.75) is 32.2 Å². The molecule has 0 amide bonds. The Morgan fingerprint density at radius 3 is 3.28 bits per heavy atom. The van der Waals surface area contributed by atoms with E-state index in [1.165, 1.54) is 10.4 Å². The number of hydrogen-bond donors (Lipinski definition) is 1. The van der Waals surface area contributed by atoms with Crippen LogP contribution >= 0.6 is 22.9 Å². The fourth-order valence-electron chi connectivity index (χ4n) is 2.34. The number of hydrogen-bond acceptors (Lipinski definition) is 5. The molecule has 1 unspecified atom stereocenters. The summed E-state index contributed by atoms with van der Waals surface area (Å²) in [4.78, 5) is 5.61. The lowest BCUT2D eigenvalue weighted by atomic mass is 10.2. The standard InChI is InChI=1S/C12H14ClN3OS/c1-7-15-12(16-17-7)4-5-14-9-2-3-10-8(9)6-11(13)18-10/h6,9,14H,2-5H2,1H3. The van der Waals surface area contributed by atoms with Crippen LogP contribution in [0.4, 0.5) is 0 Å². The van der Waals surface area contributed by atoms with Crippen molar-refractivity contribution in [3.8, 4) is 0 Å². The van der Waals surface area contributed by atoms with E-state index in [1.54, 1.807) is 18.3 Å². The van der Waals surface area contributed by atoms with Crippen LogP contribution in [0.2, 0.25) is 4.34 Å². The van der Waals surface area contributed by atoms with Crippen molar-refractivity contribution in [2.24, 2.45) is 0 Å². The molecule has 0 spiro atoms. The summed E-state index contributed by atoms with van der Waals surface area (Å²) in [6.45, 7) is 2.66. The molecule has 0 aliphatic heterocycles. The fraction of sp³-hybridized carbons (Fsp3) is 0.500. The van der Waals surface area contributed by atoms with Crippen molar-refractivity contribution in [1.29, 1.82) is 0 Å². The van der Waals surface area contributed by atoms with E-state index in [0.717, 1.165) is 36.0 Å². The summed E-state index contributed by atoms with van der Waals surface area (Å²) in [5, 5.41) is 7.42. The van der Waals surface area contributed by atoms with Crippen molar-refractivity contribution < 1.29 is 4.52 Å². The Morgan fingerprint density at radius 2 is 2.50 bits per heavy atom. The maximum atomic E-state index is 6.03. The van der Waals surface area contributed by atoms with Gasteiger partial charge in [-0.1, -0.05) is 16.8 Å². The highest BCUT2D eigenvalue weighted by Gasteiger charge is 2.24. The van der Waals surface area contributed by atoms with E-state index in [-0.39, 0.29) is 0 Å². The average molecular weight is 284 g/mol. The monoisotopic (exact) mass is 283 g/mol. The zero-order valence-electron chi connectivity index (χ0n) is 10.1. The molecule has 1 aliphatic carbocycles. The summed E-state index contributed by atoms with van der Waals surface area (Å²) in [5.41, 5.74) is 1.37. The Morgan fingerprint density at radius 1 is 1.61 bits per heavy atom. The van der Waals surface area contributed by atoms with Crippen LogP contribution in [0, 0.1) is 6.92 Å². The van der Waals surface area contributed by atoms with Gasteiger partial charge in [0.05, 0.1) is 4.34 Å². The fourth-order valence-corrected chi connectivity index (χ4v) is 3.70. The Kier molecular flexibility index (Phi) is 3.37. The lowest BCUT2D eigenvalue weighted by molar-refractivity contribution is 0.386. The van der Waals surface area contributed by atoms with Gasteiger partial charge in [-0.25, -0.2) is 0 Å². The maximum absolute atomic E-state index is 6.03. The second-order valence-electron chi connectivity index (χ2n) is 4.45. The van der Waals surface area contributed by atoms with Gasteiger partial charge in [-0.05, 0) is 24.5 Å². The minimum Gasteiger partial charge on any atom is -0.340 e. The molecular formula is C12H14ClN3OS. The molecule has 18 heavy (non-hydrogen) atoms. The van der Waals surface area contributed by atoms with E-state index in [0.29, 0.717) is 11.9 Å². The number of aryl methyl sites for hydroxylation is 2. The van der Waals surface area contributed by atoms with Crippen LogP contribution < -0.4 is 5.32 Å².